The van der Waals surface area contributed by atoms with E-state index in [1.165, 1.54) is 19.1 Å². The zero-order chi connectivity index (χ0) is 22.7. The highest BCUT2D eigenvalue weighted by atomic mass is 32.1. The van der Waals surface area contributed by atoms with Gasteiger partial charge in [-0.15, -0.1) is 0 Å². The maximum absolute atomic E-state index is 14.4. The molecule has 2 aromatic carbocycles. The molecular weight excluding hydrogens is 434 g/mol. The van der Waals surface area contributed by atoms with Crippen LogP contribution in [-0.2, 0) is 24.5 Å². The van der Waals surface area contributed by atoms with Gasteiger partial charge in [-0.3, -0.25) is 4.79 Å². The summed E-state index contributed by atoms with van der Waals surface area (Å²) in [6.45, 7) is 1.84. The fourth-order valence-corrected chi connectivity index (χ4v) is 3.80. The number of carboxylic acid groups (broad SMARTS) is 1. The van der Waals surface area contributed by atoms with Crippen molar-refractivity contribution in [3.63, 3.8) is 0 Å². The van der Waals surface area contributed by atoms with Crippen LogP contribution in [0.1, 0.15) is 28.5 Å². The van der Waals surface area contributed by atoms with Gasteiger partial charge in [0.15, 0.2) is 17.4 Å². The van der Waals surface area contributed by atoms with E-state index < -0.39 is 48.4 Å². The van der Waals surface area contributed by atoms with Crippen molar-refractivity contribution < 1.29 is 32.2 Å². The third kappa shape index (κ3) is 5.04. The molecule has 0 bridgehead atoms. The Morgan fingerprint density at radius 3 is 2.42 bits per heavy atom. The molecule has 164 valence electrons. The number of hydrogen-bond acceptors (Lipinski definition) is 4. The van der Waals surface area contributed by atoms with E-state index in [1.54, 1.807) is 13.0 Å². The van der Waals surface area contributed by atoms with Crippen molar-refractivity contribution in [1.82, 2.24) is 4.37 Å². The fourth-order valence-electron chi connectivity index (χ4n) is 3.07. The van der Waals surface area contributed by atoms with Gasteiger partial charge in [-0.25, -0.2) is 17.6 Å². The minimum absolute atomic E-state index is 0.0548. The lowest BCUT2D eigenvalue weighted by Crippen LogP contribution is -2.13. The Bertz CT molecular complexity index is 1090. The lowest BCUT2D eigenvalue weighted by Gasteiger charge is -2.13. The Balaban J connectivity index is 1.88. The summed E-state index contributed by atoms with van der Waals surface area (Å²) in [5.74, 6) is -5.16. The molecule has 3 rings (SSSR count). The molecule has 1 aromatic heterocycles. The number of alkyl halides is 1. The van der Waals surface area contributed by atoms with Crippen molar-refractivity contribution in [3.05, 3.63) is 69.4 Å². The highest BCUT2D eigenvalue weighted by molar-refractivity contribution is 7.06. The number of carbonyl (C=O) groups is 1. The first kappa shape index (κ1) is 22.7. The van der Waals surface area contributed by atoms with E-state index >= 15 is 0 Å². The van der Waals surface area contributed by atoms with Gasteiger partial charge in [-0.2, -0.15) is 4.37 Å². The van der Waals surface area contributed by atoms with Crippen LogP contribution in [0.15, 0.2) is 30.3 Å². The zero-order valence-corrected chi connectivity index (χ0v) is 17.5. The molecule has 1 unspecified atom stereocenters. The Kier molecular flexibility index (Phi) is 6.94. The quantitative estimate of drug-likeness (QED) is 0.435. The Hall–Kier alpha value is -2.94. The van der Waals surface area contributed by atoms with Gasteiger partial charge >= 0.3 is 5.97 Å². The van der Waals surface area contributed by atoms with E-state index in [4.69, 9.17) is 9.84 Å². The first-order chi connectivity index (χ1) is 14.7. The molecule has 0 spiro atoms. The fraction of sp³-hybridized carbons (Fsp3) is 0.273. The largest absolute Gasteiger partial charge is 0.483 e. The lowest BCUT2D eigenvalue weighted by atomic mass is 10.0. The smallest absolute Gasteiger partial charge is 0.306 e. The van der Waals surface area contributed by atoms with Crippen molar-refractivity contribution in [3.8, 4) is 17.0 Å². The number of aryl methyl sites for hydroxylation is 1. The van der Waals surface area contributed by atoms with Crippen molar-refractivity contribution in [2.75, 3.05) is 0 Å². The summed E-state index contributed by atoms with van der Waals surface area (Å²) in [6, 6.07) is 6.49. The standard InChI is InChI=1S/C22H19F4NO3S/c1-11-3-4-14(16(24)5-11)20-15(19(9-23)31-27-20)10-30-21-17(25)7-13(8-18(21)26)6-12(2)22(28)29/h3-5,7-8,12H,6,9-10H2,1-2H3,(H,28,29). The number of halogens is 4. The third-order valence-electron chi connectivity index (χ3n) is 4.75. The average Bonchev–Trinajstić information content (AvgIpc) is 3.10. The van der Waals surface area contributed by atoms with Gasteiger partial charge < -0.3 is 9.84 Å². The van der Waals surface area contributed by atoms with Gasteiger partial charge in [0.05, 0.1) is 16.5 Å². The van der Waals surface area contributed by atoms with Crippen LogP contribution in [0.25, 0.3) is 11.3 Å². The second-order valence-electron chi connectivity index (χ2n) is 7.17. The molecule has 0 aliphatic carbocycles. The number of hydrogen-bond donors (Lipinski definition) is 1. The summed E-state index contributed by atoms with van der Waals surface area (Å²) < 4.78 is 66.1. The Morgan fingerprint density at radius 2 is 1.84 bits per heavy atom. The predicted molar refractivity (Wildman–Crippen MR) is 108 cm³/mol. The minimum atomic E-state index is -1.08. The first-order valence-corrected chi connectivity index (χ1v) is 10.1. The SMILES string of the molecule is Cc1ccc(-c2nsc(CF)c2COc2c(F)cc(CC(C)C(=O)O)cc2F)c(F)c1. The molecule has 0 aliphatic heterocycles. The maximum Gasteiger partial charge on any atom is 0.306 e. The summed E-state index contributed by atoms with van der Waals surface area (Å²) in [4.78, 5) is 11.1. The van der Waals surface area contributed by atoms with Gasteiger partial charge in [-0.1, -0.05) is 13.0 Å². The summed E-state index contributed by atoms with van der Waals surface area (Å²) in [5, 5.41) is 8.96. The molecule has 4 nitrogen and oxygen atoms in total. The van der Waals surface area contributed by atoms with E-state index in [9.17, 15) is 22.4 Å². The van der Waals surface area contributed by atoms with Crippen molar-refractivity contribution in [2.24, 2.45) is 5.92 Å². The lowest BCUT2D eigenvalue weighted by molar-refractivity contribution is -0.141. The molecule has 1 heterocycles. The monoisotopic (exact) mass is 453 g/mol. The van der Waals surface area contributed by atoms with Crippen LogP contribution < -0.4 is 4.74 Å². The van der Waals surface area contributed by atoms with Gasteiger partial charge in [0.2, 0.25) is 0 Å². The normalized spacial score (nSPS) is 12.1. The number of aliphatic carboxylic acids is 1. The molecule has 0 saturated carbocycles. The molecule has 0 fully saturated rings. The average molecular weight is 453 g/mol. The molecular formula is C22H19F4NO3S. The molecule has 3 aromatic rings. The molecule has 0 radical (unpaired) electrons. The summed E-state index contributed by atoms with van der Waals surface area (Å²) in [5.41, 5.74) is 1.36. The van der Waals surface area contributed by atoms with Crippen LogP contribution in [0.3, 0.4) is 0 Å². The van der Waals surface area contributed by atoms with Gasteiger partial charge in [0.25, 0.3) is 0 Å². The summed E-state index contributed by atoms with van der Waals surface area (Å²) in [6.07, 6.45) is -0.0548. The van der Waals surface area contributed by atoms with E-state index in [-0.39, 0.29) is 33.7 Å². The predicted octanol–water partition coefficient (Wildman–Crippen LogP) is 5.85. The van der Waals surface area contributed by atoms with Crippen LogP contribution >= 0.6 is 11.5 Å². The van der Waals surface area contributed by atoms with Crippen LogP contribution in [0, 0.1) is 30.3 Å². The summed E-state index contributed by atoms with van der Waals surface area (Å²) in [7, 11) is 0. The Labute approximate surface area is 180 Å². The number of benzene rings is 2. The topological polar surface area (TPSA) is 59.4 Å². The van der Waals surface area contributed by atoms with E-state index in [2.05, 4.69) is 4.37 Å². The van der Waals surface area contributed by atoms with E-state index in [0.29, 0.717) is 5.56 Å². The molecule has 9 heteroatoms. The molecule has 0 aliphatic rings. The minimum Gasteiger partial charge on any atom is -0.483 e. The van der Waals surface area contributed by atoms with Gasteiger partial charge in [0.1, 0.15) is 19.1 Å². The highest BCUT2D eigenvalue weighted by Crippen LogP contribution is 2.33. The van der Waals surface area contributed by atoms with E-state index in [0.717, 1.165) is 23.7 Å². The number of ether oxygens (including phenoxy) is 1. The number of carboxylic acids is 1. The van der Waals surface area contributed by atoms with Crippen molar-refractivity contribution in [2.45, 2.75) is 33.5 Å². The van der Waals surface area contributed by atoms with Crippen LogP contribution in [0.2, 0.25) is 0 Å². The highest BCUT2D eigenvalue weighted by Gasteiger charge is 2.21. The van der Waals surface area contributed by atoms with Crippen LogP contribution in [0.5, 0.6) is 5.75 Å². The maximum atomic E-state index is 14.4. The van der Waals surface area contributed by atoms with Gasteiger partial charge in [-0.05, 0) is 60.3 Å². The number of rotatable bonds is 8. The van der Waals surface area contributed by atoms with Crippen molar-refractivity contribution >= 4 is 17.5 Å². The Morgan fingerprint density at radius 1 is 1.16 bits per heavy atom. The van der Waals surface area contributed by atoms with Crippen LogP contribution in [-0.4, -0.2) is 15.4 Å². The number of aromatic nitrogens is 1. The molecule has 1 N–H and O–H groups in total. The molecule has 0 amide bonds. The second-order valence-corrected chi connectivity index (χ2v) is 8.03. The van der Waals surface area contributed by atoms with Crippen LogP contribution in [0.4, 0.5) is 17.6 Å². The molecule has 0 saturated heterocycles. The number of nitrogens with zero attached hydrogens (tertiary/aromatic N) is 1. The van der Waals surface area contributed by atoms with Gasteiger partial charge in [0, 0.05) is 11.1 Å². The second kappa shape index (κ2) is 9.47. The zero-order valence-electron chi connectivity index (χ0n) is 16.7. The summed E-state index contributed by atoms with van der Waals surface area (Å²) >= 11 is 0.825. The third-order valence-corrected chi connectivity index (χ3v) is 5.60. The molecule has 31 heavy (non-hydrogen) atoms. The van der Waals surface area contributed by atoms with Crippen molar-refractivity contribution in [1.29, 1.82) is 0 Å². The first-order valence-electron chi connectivity index (χ1n) is 9.34. The molecule has 1 atom stereocenters. The van der Waals surface area contributed by atoms with E-state index in [1.807, 2.05) is 0 Å².